The predicted molar refractivity (Wildman–Crippen MR) is 45.3 cm³/mol. The summed E-state index contributed by atoms with van der Waals surface area (Å²) in [6, 6.07) is 0. The van der Waals surface area contributed by atoms with Crippen LogP contribution in [0.5, 0.6) is 0 Å². The maximum Gasteiger partial charge on any atom is 0.133 e. The molecule has 0 radical (unpaired) electrons. The van der Waals surface area contributed by atoms with Gasteiger partial charge in [-0.15, -0.1) is 0 Å². The molecule has 0 aliphatic carbocycles. The molecule has 0 rings (SSSR count). The molecule has 0 spiro atoms. The van der Waals surface area contributed by atoms with Gasteiger partial charge in [-0.25, -0.2) is 0 Å². The SMILES string of the molecule is C=CC(C)(O)C=CCC(C)=O. The molecule has 0 saturated carbocycles. The van der Waals surface area contributed by atoms with Crippen LogP contribution in [0.3, 0.4) is 0 Å². The molecule has 0 saturated heterocycles. The third-order valence-corrected chi connectivity index (χ3v) is 1.27. The van der Waals surface area contributed by atoms with E-state index in [4.69, 9.17) is 0 Å². The second kappa shape index (κ2) is 4.09. The van der Waals surface area contributed by atoms with E-state index >= 15 is 0 Å². The minimum absolute atomic E-state index is 0.0844. The van der Waals surface area contributed by atoms with Gasteiger partial charge in [0, 0.05) is 6.42 Å². The van der Waals surface area contributed by atoms with Crippen molar-refractivity contribution in [2.45, 2.75) is 25.9 Å². The fourth-order valence-corrected chi connectivity index (χ4v) is 0.532. The van der Waals surface area contributed by atoms with Crippen molar-refractivity contribution < 1.29 is 9.90 Å². The van der Waals surface area contributed by atoms with Gasteiger partial charge in [0.1, 0.15) is 5.78 Å². The lowest BCUT2D eigenvalue weighted by Crippen LogP contribution is -2.15. The summed E-state index contributed by atoms with van der Waals surface area (Å²) < 4.78 is 0. The van der Waals surface area contributed by atoms with Crippen molar-refractivity contribution in [2.75, 3.05) is 0 Å². The summed E-state index contributed by atoms with van der Waals surface area (Å²) in [6.07, 6.45) is 4.99. The highest BCUT2D eigenvalue weighted by atomic mass is 16.3. The van der Waals surface area contributed by atoms with Crippen LogP contribution in [-0.2, 0) is 4.79 Å². The fourth-order valence-electron chi connectivity index (χ4n) is 0.532. The highest BCUT2D eigenvalue weighted by Crippen LogP contribution is 2.06. The third kappa shape index (κ3) is 5.55. The van der Waals surface area contributed by atoms with Crippen LogP contribution >= 0.6 is 0 Å². The quantitative estimate of drug-likeness (QED) is 0.622. The Labute approximate surface area is 67.2 Å². The molecule has 2 heteroatoms. The highest BCUT2D eigenvalue weighted by Gasteiger charge is 2.08. The van der Waals surface area contributed by atoms with E-state index < -0.39 is 5.60 Å². The van der Waals surface area contributed by atoms with Gasteiger partial charge in [0.05, 0.1) is 5.60 Å². The van der Waals surface area contributed by atoms with Crippen molar-refractivity contribution in [1.29, 1.82) is 0 Å². The monoisotopic (exact) mass is 154 g/mol. The summed E-state index contributed by atoms with van der Waals surface area (Å²) in [5.74, 6) is 0.0844. The first kappa shape index (κ1) is 10.1. The zero-order chi connectivity index (χ0) is 8.91. The summed E-state index contributed by atoms with van der Waals surface area (Å²) in [5, 5.41) is 9.32. The topological polar surface area (TPSA) is 37.3 Å². The lowest BCUT2D eigenvalue weighted by molar-refractivity contribution is -0.116. The second-order valence-corrected chi connectivity index (χ2v) is 2.74. The smallest absolute Gasteiger partial charge is 0.133 e. The minimum Gasteiger partial charge on any atom is -0.382 e. The van der Waals surface area contributed by atoms with Gasteiger partial charge in [0.2, 0.25) is 0 Å². The Balaban J connectivity index is 3.92. The molecule has 1 unspecified atom stereocenters. The summed E-state index contributed by atoms with van der Waals surface area (Å²) in [7, 11) is 0. The number of ketones is 1. The standard InChI is InChI=1S/C9H14O2/c1-4-9(3,11)7-5-6-8(2)10/h4-5,7,11H,1,6H2,2-3H3. The van der Waals surface area contributed by atoms with Crippen LogP contribution < -0.4 is 0 Å². The van der Waals surface area contributed by atoms with Crippen molar-refractivity contribution in [3.8, 4) is 0 Å². The number of hydrogen-bond acceptors (Lipinski definition) is 2. The maximum atomic E-state index is 10.5. The molecular weight excluding hydrogens is 140 g/mol. The fraction of sp³-hybridized carbons (Fsp3) is 0.444. The molecule has 1 N–H and O–H groups in total. The molecule has 0 aliphatic heterocycles. The second-order valence-electron chi connectivity index (χ2n) is 2.74. The Morgan fingerprint density at radius 1 is 1.73 bits per heavy atom. The number of Topliss-reactive ketones (excluding diaryl/α,β-unsaturated/α-hetero) is 1. The summed E-state index contributed by atoms with van der Waals surface area (Å²) in [4.78, 5) is 10.5. The van der Waals surface area contributed by atoms with Crippen LogP contribution in [0.1, 0.15) is 20.3 Å². The lowest BCUT2D eigenvalue weighted by atomic mass is 10.1. The molecular formula is C9H14O2. The number of aliphatic hydroxyl groups is 1. The Morgan fingerprint density at radius 3 is 2.64 bits per heavy atom. The van der Waals surface area contributed by atoms with Crippen molar-refractivity contribution in [1.82, 2.24) is 0 Å². The van der Waals surface area contributed by atoms with Gasteiger partial charge < -0.3 is 5.11 Å². The third-order valence-electron chi connectivity index (χ3n) is 1.27. The number of hydrogen-bond donors (Lipinski definition) is 1. The van der Waals surface area contributed by atoms with Crippen LogP contribution in [0.25, 0.3) is 0 Å². The molecule has 11 heavy (non-hydrogen) atoms. The van der Waals surface area contributed by atoms with E-state index in [9.17, 15) is 9.90 Å². The van der Waals surface area contributed by atoms with Crippen LogP contribution in [0.4, 0.5) is 0 Å². The van der Waals surface area contributed by atoms with E-state index in [0.29, 0.717) is 6.42 Å². The number of rotatable bonds is 4. The largest absolute Gasteiger partial charge is 0.382 e. The average molecular weight is 154 g/mol. The first-order chi connectivity index (χ1) is 4.98. The normalized spacial score (nSPS) is 16.3. The molecule has 0 aromatic rings. The Kier molecular flexibility index (Phi) is 3.76. The first-order valence-electron chi connectivity index (χ1n) is 3.51. The minimum atomic E-state index is -0.991. The van der Waals surface area contributed by atoms with Crippen molar-refractivity contribution in [3.63, 3.8) is 0 Å². The Morgan fingerprint density at radius 2 is 2.27 bits per heavy atom. The predicted octanol–water partition coefficient (Wildman–Crippen LogP) is 1.46. The van der Waals surface area contributed by atoms with Crippen LogP contribution in [0.15, 0.2) is 24.8 Å². The zero-order valence-electron chi connectivity index (χ0n) is 7.00. The number of allylic oxidation sites excluding steroid dienone is 1. The van der Waals surface area contributed by atoms with Crippen LogP contribution in [0.2, 0.25) is 0 Å². The highest BCUT2D eigenvalue weighted by molar-refractivity contribution is 5.76. The summed E-state index contributed by atoms with van der Waals surface area (Å²) in [5.41, 5.74) is -0.991. The molecule has 0 heterocycles. The maximum absolute atomic E-state index is 10.5. The van der Waals surface area contributed by atoms with Crippen LogP contribution in [-0.4, -0.2) is 16.5 Å². The van der Waals surface area contributed by atoms with Gasteiger partial charge in [-0.05, 0) is 13.8 Å². The zero-order valence-corrected chi connectivity index (χ0v) is 7.00. The summed E-state index contributed by atoms with van der Waals surface area (Å²) in [6.45, 7) is 6.56. The van der Waals surface area contributed by atoms with E-state index in [1.807, 2.05) is 0 Å². The average Bonchev–Trinajstić information content (AvgIpc) is 1.87. The molecule has 0 amide bonds. The molecule has 2 nitrogen and oxygen atoms in total. The van der Waals surface area contributed by atoms with Gasteiger partial charge in [0.15, 0.2) is 0 Å². The van der Waals surface area contributed by atoms with E-state index in [-0.39, 0.29) is 5.78 Å². The number of carbonyl (C=O) groups is 1. The molecule has 1 atom stereocenters. The van der Waals surface area contributed by atoms with Gasteiger partial charge in [0.25, 0.3) is 0 Å². The lowest BCUT2D eigenvalue weighted by Gasteiger charge is -2.11. The first-order valence-corrected chi connectivity index (χ1v) is 3.51. The van der Waals surface area contributed by atoms with Crippen molar-refractivity contribution >= 4 is 5.78 Å². The van der Waals surface area contributed by atoms with Gasteiger partial charge in [-0.1, -0.05) is 24.8 Å². The van der Waals surface area contributed by atoms with Gasteiger partial charge >= 0.3 is 0 Å². The molecule has 0 bridgehead atoms. The van der Waals surface area contributed by atoms with E-state index in [2.05, 4.69) is 6.58 Å². The number of carbonyl (C=O) groups excluding carboxylic acids is 1. The molecule has 0 aromatic carbocycles. The van der Waals surface area contributed by atoms with Crippen molar-refractivity contribution in [2.24, 2.45) is 0 Å². The van der Waals surface area contributed by atoms with Gasteiger partial charge in [-0.2, -0.15) is 0 Å². The van der Waals surface area contributed by atoms with Crippen LogP contribution in [0, 0.1) is 0 Å². The Bertz CT molecular complexity index is 178. The van der Waals surface area contributed by atoms with Gasteiger partial charge in [-0.3, -0.25) is 4.79 Å². The molecule has 0 aliphatic rings. The summed E-state index contributed by atoms with van der Waals surface area (Å²) >= 11 is 0. The molecule has 62 valence electrons. The van der Waals surface area contributed by atoms with Crippen molar-refractivity contribution in [3.05, 3.63) is 24.8 Å². The molecule has 0 aromatic heterocycles. The van der Waals surface area contributed by atoms with E-state index in [1.165, 1.54) is 13.0 Å². The molecule has 0 fully saturated rings. The van der Waals surface area contributed by atoms with E-state index in [0.717, 1.165) is 0 Å². The van der Waals surface area contributed by atoms with E-state index in [1.54, 1.807) is 19.1 Å². The Hall–Kier alpha value is -0.890.